The molecule has 0 bridgehead atoms. The number of hydrogen-bond donors (Lipinski definition) is 0. The van der Waals surface area contributed by atoms with Crippen molar-refractivity contribution in [3.8, 4) is 0 Å². The van der Waals surface area contributed by atoms with Crippen LogP contribution in [-0.2, 0) is 0 Å². The van der Waals surface area contributed by atoms with Gasteiger partial charge in [0, 0.05) is 9.93 Å². The SMILES string of the molecule is CC/C(C)=C(\c1cc(F)c(SC)cc1[C@H](C)C/C=C(/C)Cl)C(C)CC. The van der Waals surface area contributed by atoms with Crippen molar-refractivity contribution in [2.24, 2.45) is 5.92 Å². The second-order valence-corrected chi connectivity index (χ2v) is 8.30. The molecule has 0 aromatic heterocycles. The van der Waals surface area contributed by atoms with Gasteiger partial charge in [0.25, 0.3) is 0 Å². The summed E-state index contributed by atoms with van der Waals surface area (Å²) in [6, 6.07) is 3.80. The molecule has 1 unspecified atom stereocenters. The van der Waals surface area contributed by atoms with Gasteiger partial charge < -0.3 is 0 Å². The molecular weight excluding hydrogens is 351 g/mol. The van der Waals surface area contributed by atoms with Crippen molar-refractivity contribution < 1.29 is 4.39 Å². The van der Waals surface area contributed by atoms with Gasteiger partial charge in [0.1, 0.15) is 5.82 Å². The largest absolute Gasteiger partial charge is 0.206 e. The Kier molecular flexibility index (Phi) is 9.30. The Morgan fingerprint density at radius 3 is 2.36 bits per heavy atom. The third-order valence-corrected chi connectivity index (χ3v) is 5.90. The standard InChI is InChI=1S/C22H32ClFS/c1-8-14(3)22(15(4)9-2)19-12-20(24)21(25-7)13-18(19)16(5)10-11-17(6)23/h11-14,16H,8-10H2,1-7H3/b17-11-,22-15-/t14?,16-/m1/s1. The summed E-state index contributed by atoms with van der Waals surface area (Å²) in [5.41, 5.74) is 4.97. The fourth-order valence-corrected chi connectivity index (χ4v) is 3.73. The fourth-order valence-electron chi connectivity index (χ4n) is 3.14. The van der Waals surface area contributed by atoms with E-state index in [0.29, 0.717) is 11.8 Å². The van der Waals surface area contributed by atoms with Crippen LogP contribution >= 0.6 is 23.4 Å². The van der Waals surface area contributed by atoms with E-state index >= 15 is 0 Å². The van der Waals surface area contributed by atoms with E-state index in [0.717, 1.165) is 34.8 Å². The first-order valence-electron chi connectivity index (χ1n) is 9.16. The molecule has 0 aliphatic rings. The van der Waals surface area contributed by atoms with Crippen LogP contribution in [0.2, 0.25) is 0 Å². The van der Waals surface area contributed by atoms with Crippen LogP contribution in [0.25, 0.3) is 5.57 Å². The quantitative estimate of drug-likeness (QED) is 0.406. The topological polar surface area (TPSA) is 0 Å². The minimum Gasteiger partial charge on any atom is -0.206 e. The van der Waals surface area contributed by atoms with Crippen molar-refractivity contribution in [1.82, 2.24) is 0 Å². The molecule has 0 aliphatic heterocycles. The molecule has 0 N–H and O–H groups in total. The van der Waals surface area contributed by atoms with E-state index in [2.05, 4.69) is 40.7 Å². The maximum Gasteiger partial charge on any atom is 0.137 e. The molecule has 0 spiro atoms. The van der Waals surface area contributed by atoms with E-state index in [1.165, 1.54) is 28.5 Å². The first-order valence-corrected chi connectivity index (χ1v) is 10.8. The average molecular weight is 383 g/mol. The molecule has 0 saturated heterocycles. The molecule has 0 amide bonds. The van der Waals surface area contributed by atoms with Crippen LogP contribution in [0.3, 0.4) is 0 Å². The molecular formula is C22H32ClFS. The molecule has 1 rings (SSSR count). The minimum atomic E-state index is -0.118. The number of benzene rings is 1. The summed E-state index contributed by atoms with van der Waals surface area (Å²) in [4.78, 5) is 0.717. The molecule has 1 aromatic carbocycles. The zero-order valence-corrected chi connectivity index (χ0v) is 18.2. The molecule has 2 atom stereocenters. The summed E-state index contributed by atoms with van der Waals surface area (Å²) in [7, 11) is 0. The Hall–Kier alpha value is -0.730. The van der Waals surface area contributed by atoms with Crippen LogP contribution in [0, 0.1) is 11.7 Å². The number of allylic oxidation sites excluding steroid dienone is 4. The van der Waals surface area contributed by atoms with E-state index in [1.54, 1.807) is 6.07 Å². The van der Waals surface area contributed by atoms with Crippen LogP contribution < -0.4 is 0 Å². The maximum atomic E-state index is 14.6. The number of rotatable bonds is 8. The Balaban J connectivity index is 3.60. The smallest absolute Gasteiger partial charge is 0.137 e. The molecule has 25 heavy (non-hydrogen) atoms. The van der Waals surface area contributed by atoms with Gasteiger partial charge in [0.15, 0.2) is 0 Å². The second-order valence-electron chi connectivity index (χ2n) is 6.86. The number of hydrogen-bond acceptors (Lipinski definition) is 1. The average Bonchev–Trinajstić information content (AvgIpc) is 2.59. The van der Waals surface area contributed by atoms with Crippen molar-refractivity contribution >= 4 is 28.9 Å². The van der Waals surface area contributed by atoms with Crippen molar-refractivity contribution in [2.75, 3.05) is 6.26 Å². The fraction of sp³-hybridized carbons (Fsp3) is 0.545. The Morgan fingerprint density at radius 2 is 1.88 bits per heavy atom. The van der Waals surface area contributed by atoms with Crippen LogP contribution in [0.15, 0.2) is 33.7 Å². The molecule has 0 aliphatic carbocycles. The minimum absolute atomic E-state index is 0.118. The highest BCUT2D eigenvalue weighted by Crippen LogP contribution is 2.39. The van der Waals surface area contributed by atoms with Crippen molar-refractivity contribution in [3.05, 3.63) is 45.8 Å². The third kappa shape index (κ3) is 5.89. The summed E-state index contributed by atoms with van der Waals surface area (Å²) in [6.45, 7) is 12.9. The normalized spacial score (nSPS) is 15.8. The maximum absolute atomic E-state index is 14.6. The van der Waals surface area contributed by atoms with Gasteiger partial charge in [0.2, 0.25) is 0 Å². The van der Waals surface area contributed by atoms with E-state index in [4.69, 9.17) is 11.6 Å². The van der Waals surface area contributed by atoms with Crippen LogP contribution in [0.1, 0.15) is 77.8 Å². The van der Waals surface area contributed by atoms with Crippen LogP contribution in [0.5, 0.6) is 0 Å². The van der Waals surface area contributed by atoms with Gasteiger partial charge in [-0.15, -0.1) is 11.8 Å². The van der Waals surface area contributed by atoms with Crippen molar-refractivity contribution in [1.29, 1.82) is 0 Å². The molecule has 0 nitrogen and oxygen atoms in total. The zero-order valence-electron chi connectivity index (χ0n) is 16.7. The highest BCUT2D eigenvalue weighted by atomic mass is 35.5. The summed E-state index contributed by atoms with van der Waals surface area (Å²) in [6.07, 6.45) is 6.88. The molecule has 0 fully saturated rings. The number of halogens is 2. The number of thioether (sulfide) groups is 1. The monoisotopic (exact) mass is 382 g/mol. The Labute approximate surface area is 162 Å². The molecule has 0 radical (unpaired) electrons. The van der Waals surface area contributed by atoms with E-state index in [9.17, 15) is 4.39 Å². The molecule has 3 heteroatoms. The lowest BCUT2D eigenvalue weighted by molar-refractivity contribution is 0.597. The van der Waals surface area contributed by atoms with Crippen LogP contribution in [0.4, 0.5) is 4.39 Å². The molecule has 0 heterocycles. The highest BCUT2D eigenvalue weighted by Gasteiger charge is 2.21. The third-order valence-electron chi connectivity index (χ3n) is 4.99. The van der Waals surface area contributed by atoms with Gasteiger partial charge in [-0.2, -0.15) is 0 Å². The van der Waals surface area contributed by atoms with Gasteiger partial charge in [-0.05, 0) is 80.0 Å². The summed E-state index contributed by atoms with van der Waals surface area (Å²) < 4.78 is 14.6. The molecule has 1 aromatic rings. The van der Waals surface area contributed by atoms with E-state index in [1.807, 2.05) is 19.2 Å². The van der Waals surface area contributed by atoms with E-state index in [-0.39, 0.29) is 5.82 Å². The predicted octanol–water partition coefficient (Wildman–Crippen LogP) is 8.41. The highest BCUT2D eigenvalue weighted by molar-refractivity contribution is 7.98. The first kappa shape index (κ1) is 22.3. The van der Waals surface area contributed by atoms with Gasteiger partial charge in [0.05, 0.1) is 0 Å². The molecule has 140 valence electrons. The van der Waals surface area contributed by atoms with Crippen molar-refractivity contribution in [2.45, 2.75) is 71.6 Å². The van der Waals surface area contributed by atoms with Crippen LogP contribution in [-0.4, -0.2) is 6.26 Å². The van der Waals surface area contributed by atoms with Gasteiger partial charge in [-0.3, -0.25) is 0 Å². The first-order chi connectivity index (χ1) is 11.8. The van der Waals surface area contributed by atoms with Crippen molar-refractivity contribution in [3.63, 3.8) is 0 Å². The second kappa shape index (κ2) is 10.4. The predicted molar refractivity (Wildman–Crippen MR) is 113 cm³/mol. The zero-order chi connectivity index (χ0) is 19.1. The Morgan fingerprint density at radius 1 is 1.24 bits per heavy atom. The lowest BCUT2D eigenvalue weighted by atomic mass is 9.81. The summed E-state index contributed by atoms with van der Waals surface area (Å²) >= 11 is 7.50. The summed E-state index contributed by atoms with van der Waals surface area (Å²) in [5, 5.41) is 0.808. The Bertz CT molecular complexity index is 642. The lowest BCUT2D eigenvalue weighted by Crippen LogP contribution is -2.07. The lowest BCUT2D eigenvalue weighted by Gasteiger charge is -2.24. The van der Waals surface area contributed by atoms with Gasteiger partial charge >= 0.3 is 0 Å². The van der Waals surface area contributed by atoms with Gasteiger partial charge in [-0.25, -0.2) is 4.39 Å². The summed E-state index contributed by atoms with van der Waals surface area (Å²) in [5.74, 6) is 0.585. The van der Waals surface area contributed by atoms with Gasteiger partial charge in [-0.1, -0.05) is 50.9 Å². The molecule has 0 saturated carbocycles. The van der Waals surface area contributed by atoms with E-state index < -0.39 is 0 Å².